The predicted molar refractivity (Wildman–Crippen MR) is 105 cm³/mol. The molecule has 144 valence electrons. The Labute approximate surface area is 160 Å². The van der Waals surface area contributed by atoms with E-state index >= 15 is 0 Å². The van der Waals surface area contributed by atoms with Gasteiger partial charge in [0.05, 0.1) is 25.8 Å². The van der Waals surface area contributed by atoms with Crippen molar-refractivity contribution in [3.05, 3.63) is 54.1 Å². The first-order valence-electron chi connectivity index (χ1n) is 8.94. The minimum Gasteiger partial charge on any atom is -0.497 e. The zero-order valence-corrected chi connectivity index (χ0v) is 16.0. The van der Waals surface area contributed by atoms with E-state index in [2.05, 4.69) is 5.32 Å². The van der Waals surface area contributed by atoms with Gasteiger partial charge < -0.3 is 19.7 Å². The van der Waals surface area contributed by atoms with Crippen LogP contribution in [0.25, 0.3) is 0 Å². The molecule has 27 heavy (non-hydrogen) atoms. The van der Waals surface area contributed by atoms with E-state index in [0.717, 1.165) is 11.3 Å². The number of nitrogens with zero attached hydrogens (tertiary/aromatic N) is 1. The maximum absolute atomic E-state index is 12.2. The SMILES string of the molecule is CCOc1ccccc1N(CCNC(=O)Cc1ccc(OC)cc1)C(C)=O. The van der Waals surface area contributed by atoms with Crippen LogP contribution in [0.15, 0.2) is 48.5 Å². The number of anilines is 1. The highest BCUT2D eigenvalue weighted by Gasteiger charge is 2.16. The summed E-state index contributed by atoms with van der Waals surface area (Å²) in [6, 6.07) is 14.8. The largest absolute Gasteiger partial charge is 0.497 e. The second-order valence-electron chi connectivity index (χ2n) is 5.95. The number of nitrogens with one attached hydrogen (secondary N) is 1. The second kappa shape index (κ2) is 10.2. The molecule has 0 unspecified atom stereocenters. The van der Waals surface area contributed by atoms with Crippen LogP contribution in [-0.4, -0.2) is 38.6 Å². The molecule has 0 spiro atoms. The first kappa shape index (κ1) is 20.3. The summed E-state index contributed by atoms with van der Waals surface area (Å²) >= 11 is 0. The molecule has 1 N–H and O–H groups in total. The normalized spacial score (nSPS) is 10.2. The number of carbonyl (C=O) groups excluding carboxylic acids is 2. The van der Waals surface area contributed by atoms with Gasteiger partial charge in [-0.1, -0.05) is 24.3 Å². The van der Waals surface area contributed by atoms with E-state index in [9.17, 15) is 9.59 Å². The van der Waals surface area contributed by atoms with Gasteiger partial charge >= 0.3 is 0 Å². The van der Waals surface area contributed by atoms with Crippen LogP contribution >= 0.6 is 0 Å². The fourth-order valence-corrected chi connectivity index (χ4v) is 2.70. The van der Waals surface area contributed by atoms with E-state index in [1.807, 2.05) is 55.5 Å². The van der Waals surface area contributed by atoms with E-state index in [1.54, 1.807) is 12.0 Å². The molecule has 0 fully saturated rings. The standard InChI is InChI=1S/C21H26N2O4/c1-4-27-20-8-6-5-7-19(20)23(16(2)24)14-13-22-21(25)15-17-9-11-18(26-3)12-10-17/h5-12H,4,13-15H2,1-3H3,(H,22,25). The lowest BCUT2D eigenvalue weighted by atomic mass is 10.1. The number of hydrogen-bond donors (Lipinski definition) is 1. The summed E-state index contributed by atoms with van der Waals surface area (Å²) in [4.78, 5) is 25.8. The van der Waals surface area contributed by atoms with Crippen LogP contribution in [0.3, 0.4) is 0 Å². The van der Waals surface area contributed by atoms with Crippen LogP contribution in [0.1, 0.15) is 19.4 Å². The molecule has 0 atom stereocenters. The number of amides is 2. The van der Waals surface area contributed by atoms with Crippen molar-refractivity contribution in [3.63, 3.8) is 0 Å². The minimum atomic E-state index is -0.105. The lowest BCUT2D eigenvalue weighted by molar-refractivity contribution is -0.121. The van der Waals surface area contributed by atoms with Gasteiger partial charge in [0, 0.05) is 20.0 Å². The van der Waals surface area contributed by atoms with Crippen LogP contribution in [0.4, 0.5) is 5.69 Å². The molecule has 0 aliphatic carbocycles. The van der Waals surface area contributed by atoms with Crippen LogP contribution < -0.4 is 19.7 Å². The quantitative estimate of drug-likeness (QED) is 0.737. The van der Waals surface area contributed by atoms with Crippen molar-refractivity contribution in [2.24, 2.45) is 0 Å². The van der Waals surface area contributed by atoms with Crippen molar-refractivity contribution in [3.8, 4) is 11.5 Å². The molecule has 0 aromatic heterocycles. The average Bonchev–Trinajstić information content (AvgIpc) is 2.66. The van der Waals surface area contributed by atoms with Crippen LogP contribution in [0.2, 0.25) is 0 Å². The molecular formula is C21H26N2O4. The maximum atomic E-state index is 12.2. The smallest absolute Gasteiger partial charge is 0.224 e. The third kappa shape index (κ3) is 6.02. The summed E-state index contributed by atoms with van der Waals surface area (Å²) in [5, 5.41) is 2.86. The summed E-state index contributed by atoms with van der Waals surface area (Å²) in [6.07, 6.45) is 0.277. The number of rotatable bonds is 9. The molecule has 6 nitrogen and oxygen atoms in total. The number of hydrogen-bond acceptors (Lipinski definition) is 4. The first-order valence-corrected chi connectivity index (χ1v) is 8.94. The fourth-order valence-electron chi connectivity index (χ4n) is 2.70. The molecule has 2 amide bonds. The maximum Gasteiger partial charge on any atom is 0.224 e. The molecule has 0 saturated heterocycles. The molecule has 0 radical (unpaired) electrons. The van der Waals surface area contributed by atoms with Gasteiger partial charge in [-0.3, -0.25) is 9.59 Å². The number of benzene rings is 2. The third-order valence-corrected chi connectivity index (χ3v) is 4.02. The molecular weight excluding hydrogens is 344 g/mol. The Kier molecular flexibility index (Phi) is 7.67. The fraction of sp³-hybridized carbons (Fsp3) is 0.333. The summed E-state index contributed by atoms with van der Waals surface area (Å²) in [7, 11) is 1.60. The Bertz CT molecular complexity index is 759. The van der Waals surface area contributed by atoms with E-state index in [4.69, 9.17) is 9.47 Å². The highest BCUT2D eigenvalue weighted by atomic mass is 16.5. The minimum absolute atomic E-state index is 0.0956. The Balaban J connectivity index is 1.92. The van der Waals surface area contributed by atoms with E-state index in [0.29, 0.717) is 31.1 Å². The molecule has 6 heteroatoms. The van der Waals surface area contributed by atoms with Crippen LogP contribution in [0, 0.1) is 0 Å². The van der Waals surface area contributed by atoms with Gasteiger partial charge in [-0.15, -0.1) is 0 Å². The van der Waals surface area contributed by atoms with Crippen molar-refractivity contribution in [2.45, 2.75) is 20.3 Å². The van der Waals surface area contributed by atoms with Crippen molar-refractivity contribution in [1.29, 1.82) is 0 Å². The number of methoxy groups -OCH3 is 1. The molecule has 0 saturated carbocycles. The zero-order chi connectivity index (χ0) is 19.6. The van der Waals surface area contributed by atoms with Gasteiger partial charge in [-0.2, -0.15) is 0 Å². The summed E-state index contributed by atoms with van der Waals surface area (Å²) in [5.74, 6) is 1.21. The highest BCUT2D eigenvalue weighted by molar-refractivity contribution is 5.93. The van der Waals surface area contributed by atoms with Crippen molar-refractivity contribution < 1.29 is 19.1 Å². The first-order chi connectivity index (χ1) is 13.0. The van der Waals surface area contributed by atoms with Gasteiger partial charge in [0.2, 0.25) is 11.8 Å². The number of para-hydroxylation sites is 2. The zero-order valence-electron chi connectivity index (χ0n) is 16.0. The third-order valence-electron chi connectivity index (χ3n) is 4.02. The van der Waals surface area contributed by atoms with E-state index in [1.165, 1.54) is 6.92 Å². The van der Waals surface area contributed by atoms with E-state index < -0.39 is 0 Å². The lowest BCUT2D eigenvalue weighted by Crippen LogP contribution is -2.38. The van der Waals surface area contributed by atoms with Gasteiger partial charge in [-0.05, 0) is 36.8 Å². The second-order valence-corrected chi connectivity index (χ2v) is 5.95. The van der Waals surface area contributed by atoms with Gasteiger partial charge in [-0.25, -0.2) is 0 Å². The Hall–Kier alpha value is -3.02. The Morgan fingerprint density at radius 3 is 2.41 bits per heavy atom. The highest BCUT2D eigenvalue weighted by Crippen LogP contribution is 2.27. The number of carbonyl (C=O) groups is 2. The number of ether oxygens (including phenoxy) is 2. The lowest BCUT2D eigenvalue weighted by Gasteiger charge is -2.23. The predicted octanol–water partition coefficient (Wildman–Crippen LogP) is 2.81. The van der Waals surface area contributed by atoms with Gasteiger partial charge in [0.25, 0.3) is 0 Å². The van der Waals surface area contributed by atoms with Gasteiger partial charge in [0.15, 0.2) is 0 Å². The summed E-state index contributed by atoms with van der Waals surface area (Å²) in [6.45, 7) is 4.64. The topological polar surface area (TPSA) is 67.9 Å². The molecule has 0 aliphatic rings. The average molecular weight is 370 g/mol. The molecule has 2 aromatic carbocycles. The molecule has 2 aromatic rings. The van der Waals surface area contributed by atoms with Crippen molar-refractivity contribution in [2.75, 3.05) is 31.7 Å². The van der Waals surface area contributed by atoms with Crippen molar-refractivity contribution >= 4 is 17.5 Å². The van der Waals surface area contributed by atoms with Gasteiger partial charge in [0.1, 0.15) is 11.5 Å². The Morgan fingerprint density at radius 1 is 1.07 bits per heavy atom. The van der Waals surface area contributed by atoms with Crippen molar-refractivity contribution in [1.82, 2.24) is 5.32 Å². The van der Waals surface area contributed by atoms with Crippen LogP contribution in [0.5, 0.6) is 11.5 Å². The summed E-state index contributed by atoms with van der Waals surface area (Å²) in [5.41, 5.74) is 1.61. The summed E-state index contributed by atoms with van der Waals surface area (Å²) < 4.78 is 10.7. The Morgan fingerprint density at radius 2 is 1.78 bits per heavy atom. The van der Waals surface area contributed by atoms with E-state index in [-0.39, 0.29) is 18.2 Å². The molecule has 0 aliphatic heterocycles. The monoisotopic (exact) mass is 370 g/mol. The molecule has 0 heterocycles. The van der Waals surface area contributed by atoms with Crippen LogP contribution in [-0.2, 0) is 16.0 Å². The molecule has 0 bridgehead atoms. The molecule has 2 rings (SSSR count).